The number of likely N-dealkylation sites (N-methyl/N-ethyl adjacent to an activating group) is 1. The molecule has 0 radical (unpaired) electrons. The highest BCUT2D eigenvalue weighted by atomic mass is 35.5. The number of halogens is 1. The number of fused-ring (bicyclic) bond motifs is 1. The Morgan fingerprint density at radius 3 is 2.91 bits per heavy atom. The molecule has 0 saturated carbocycles. The molecule has 0 bridgehead atoms. The van der Waals surface area contributed by atoms with Crippen molar-refractivity contribution in [1.82, 2.24) is 9.47 Å². The maximum absolute atomic E-state index is 13.0. The molecule has 0 spiro atoms. The van der Waals surface area contributed by atoms with Crippen molar-refractivity contribution in [3.05, 3.63) is 35.0 Å². The van der Waals surface area contributed by atoms with Gasteiger partial charge in [0.15, 0.2) is 0 Å². The summed E-state index contributed by atoms with van der Waals surface area (Å²) in [4.78, 5) is 14.8. The molecular weight excluding hydrogens is 312 g/mol. The van der Waals surface area contributed by atoms with Crippen molar-refractivity contribution in [2.75, 3.05) is 19.7 Å². The first-order chi connectivity index (χ1) is 11.1. The van der Waals surface area contributed by atoms with Crippen LogP contribution in [-0.4, -0.2) is 41.2 Å². The van der Waals surface area contributed by atoms with E-state index in [-0.39, 0.29) is 12.0 Å². The number of para-hydroxylation sites is 1. The fraction of sp³-hybridized carbons (Fsp3) is 0.500. The molecule has 0 unspecified atom stereocenters. The third kappa shape index (κ3) is 3.24. The smallest absolute Gasteiger partial charge is 0.270 e. The quantitative estimate of drug-likeness (QED) is 0.850. The largest absolute Gasteiger partial charge is 0.376 e. The van der Waals surface area contributed by atoms with Gasteiger partial charge in [-0.1, -0.05) is 23.7 Å². The zero-order chi connectivity index (χ0) is 16.4. The van der Waals surface area contributed by atoms with E-state index in [1.165, 1.54) is 6.42 Å². The molecule has 0 N–H and O–H groups in total. The van der Waals surface area contributed by atoms with Crippen LogP contribution < -0.4 is 0 Å². The molecule has 0 aliphatic carbocycles. The van der Waals surface area contributed by atoms with Gasteiger partial charge in [0.2, 0.25) is 0 Å². The number of carbonyl (C=O) groups is 1. The highest BCUT2D eigenvalue weighted by molar-refractivity contribution is 6.35. The highest BCUT2D eigenvalue weighted by Crippen LogP contribution is 2.27. The van der Waals surface area contributed by atoms with Crippen LogP contribution >= 0.6 is 11.6 Å². The highest BCUT2D eigenvalue weighted by Gasteiger charge is 2.24. The van der Waals surface area contributed by atoms with Crippen LogP contribution in [0.2, 0.25) is 5.02 Å². The van der Waals surface area contributed by atoms with E-state index in [1.54, 1.807) is 0 Å². The second kappa shape index (κ2) is 6.93. The number of amides is 1. The average molecular weight is 335 g/mol. The first-order valence-corrected chi connectivity index (χ1v) is 8.64. The number of ether oxygens (including phenoxy) is 1. The molecule has 23 heavy (non-hydrogen) atoms. The van der Waals surface area contributed by atoms with Crippen LogP contribution in [0.25, 0.3) is 10.9 Å². The maximum atomic E-state index is 13.0. The van der Waals surface area contributed by atoms with Crippen molar-refractivity contribution < 1.29 is 9.53 Å². The summed E-state index contributed by atoms with van der Waals surface area (Å²) in [7, 11) is 1.90. The first-order valence-electron chi connectivity index (χ1n) is 8.26. The summed E-state index contributed by atoms with van der Waals surface area (Å²) in [5.74, 6) is 0.0384. The molecule has 1 aromatic heterocycles. The van der Waals surface area contributed by atoms with E-state index in [4.69, 9.17) is 16.3 Å². The van der Waals surface area contributed by atoms with E-state index < -0.39 is 0 Å². The topological polar surface area (TPSA) is 34.5 Å². The Morgan fingerprint density at radius 1 is 1.43 bits per heavy atom. The molecule has 2 aromatic rings. The van der Waals surface area contributed by atoms with E-state index >= 15 is 0 Å². The number of nitrogens with zero attached hydrogens (tertiary/aromatic N) is 2. The fourth-order valence-corrected chi connectivity index (χ4v) is 3.60. The van der Waals surface area contributed by atoms with Gasteiger partial charge < -0.3 is 14.2 Å². The minimum atomic E-state index is 0.0384. The van der Waals surface area contributed by atoms with Crippen molar-refractivity contribution >= 4 is 28.4 Å². The van der Waals surface area contributed by atoms with Crippen LogP contribution in [-0.2, 0) is 11.8 Å². The first kappa shape index (κ1) is 16.3. The Kier molecular flexibility index (Phi) is 4.93. The summed E-state index contributed by atoms with van der Waals surface area (Å²) in [6.45, 7) is 4.15. The lowest BCUT2D eigenvalue weighted by molar-refractivity contribution is -0.00329. The number of aryl methyl sites for hydroxylation is 1. The van der Waals surface area contributed by atoms with Gasteiger partial charge in [-0.05, 0) is 38.3 Å². The summed E-state index contributed by atoms with van der Waals surface area (Å²) in [6, 6.07) is 7.67. The van der Waals surface area contributed by atoms with Gasteiger partial charge >= 0.3 is 0 Å². The Morgan fingerprint density at radius 2 is 2.26 bits per heavy atom. The second-order valence-electron chi connectivity index (χ2n) is 6.10. The van der Waals surface area contributed by atoms with Gasteiger partial charge in [-0.15, -0.1) is 0 Å². The van der Waals surface area contributed by atoms with Gasteiger partial charge in [0.05, 0.1) is 16.6 Å². The van der Waals surface area contributed by atoms with Crippen LogP contribution in [0.3, 0.4) is 0 Å². The van der Waals surface area contributed by atoms with Gasteiger partial charge in [0.25, 0.3) is 5.91 Å². The Labute approximate surface area is 142 Å². The summed E-state index contributed by atoms with van der Waals surface area (Å²) >= 11 is 6.28. The van der Waals surface area contributed by atoms with Crippen molar-refractivity contribution in [3.63, 3.8) is 0 Å². The summed E-state index contributed by atoms with van der Waals surface area (Å²) in [6.07, 6.45) is 3.49. The molecule has 2 heterocycles. The van der Waals surface area contributed by atoms with Crippen LogP contribution in [0.1, 0.15) is 36.7 Å². The minimum Gasteiger partial charge on any atom is -0.376 e. The minimum absolute atomic E-state index is 0.0384. The van der Waals surface area contributed by atoms with Gasteiger partial charge in [-0.2, -0.15) is 0 Å². The molecular formula is C18H23ClN2O2. The lowest BCUT2D eigenvalue weighted by Crippen LogP contribution is -2.40. The van der Waals surface area contributed by atoms with Gasteiger partial charge in [0.1, 0.15) is 5.69 Å². The summed E-state index contributed by atoms with van der Waals surface area (Å²) in [5.41, 5.74) is 1.58. The Balaban J connectivity index is 1.85. The second-order valence-corrected chi connectivity index (χ2v) is 6.51. The van der Waals surface area contributed by atoms with Crippen LogP contribution in [0.15, 0.2) is 24.3 Å². The summed E-state index contributed by atoms with van der Waals surface area (Å²) < 4.78 is 7.68. The average Bonchev–Trinajstić information content (AvgIpc) is 2.91. The molecule has 1 aliphatic rings. The lowest BCUT2D eigenvalue weighted by atomic mass is 10.1. The molecule has 1 atom stereocenters. The molecule has 1 fully saturated rings. The van der Waals surface area contributed by atoms with Crippen LogP contribution in [0.5, 0.6) is 0 Å². The SMILES string of the molecule is CCN(C[C@@H]1CCCCO1)C(=O)c1cc2cccc(Cl)c2n1C. The third-order valence-electron chi connectivity index (χ3n) is 4.59. The van der Waals surface area contributed by atoms with Crippen LogP contribution in [0.4, 0.5) is 0 Å². The zero-order valence-electron chi connectivity index (χ0n) is 13.7. The predicted molar refractivity (Wildman–Crippen MR) is 93.1 cm³/mol. The summed E-state index contributed by atoms with van der Waals surface area (Å²) in [5, 5.41) is 1.66. The predicted octanol–water partition coefficient (Wildman–Crippen LogP) is 3.86. The lowest BCUT2D eigenvalue weighted by Gasteiger charge is -2.29. The molecule has 5 heteroatoms. The van der Waals surface area contributed by atoms with E-state index in [0.717, 1.165) is 30.4 Å². The number of rotatable bonds is 4. The molecule has 4 nitrogen and oxygen atoms in total. The number of aromatic nitrogens is 1. The van der Waals surface area contributed by atoms with Gasteiger partial charge in [0, 0.05) is 32.1 Å². The normalized spacial score (nSPS) is 18.3. The van der Waals surface area contributed by atoms with Crippen molar-refractivity contribution in [2.24, 2.45) is 7.05 Å². The van der Waals surface area contributed by atoms with Gasteiger partial charge in [-0.25, -0.2) is 0 Å². The number of carbonyl (C=O) groups excluding carboxylic acids is 1. The van der Waals surface area contributed by atoms with E-state index in [9.17, 15) is 4.79 Å². The molecule has 3 rings (SSSR count). The maximum Gasteiger partial charge on any atom is 0.270 e. The number of hydrogen-bond donors (Lipinski definition) is 0. The zero-order valence-corrected chi connectivity index (χ0v) is 14.5. The third-order valence-corrected chi connectivity index (χ3v) is 4.90. The van der Waals surface area contributed by atoms with E-state index in [0.29, 0.717) is 23.8 Å². The number of benzene rings is 1. The molecule has 1 aromatic carbocycles. The fourth-order valence-electron chi connectivity index (χ4n) is 3.29. The van der Waals surface area contributed by atoms with Crippen molar-refractivity contribution in [2.45, 2.75) is 32.3 Å². The standard InChI is InChI=1S/C18H23ClN2O2/c1-3-21(12-14-8-4-5-10-23-14)18(22)16-11-13-7-6-9-15(19)17(13)20(16)2/h6-7,9,11,14H,3-5,8,10,12H2,1-2H3/t14-/m0/s1. The molecule has 124 valence electrons. The van der Waals surface area contributed by atoms with Crippen molar-refractivity contribution in [3.8, 4) is 0 Å². The van der Waals surface area contributed by atoms with E-state index in [2.05, 4.69) is 0 Å². The molecule has 1 aliphatic heterocycles. The van der Waals surface area contributed by atoms with Crippen molar-refractivity contribution in [1.29, 1.82) is 0 Å². The monoisotopic (exact) mass is 334 g/mol. The molecule has 1 amide bonds. The molecule has 1 saturated heterocycles. The Hall–Kier alpha value is -1.52. The Bertz CT molecular complexity index is 704. The van der Waals surface area contributed by atoms with E-state index in [1.807, 2.05) is 47.7 Å². The number of hydrogen-bond acceptors (Lipinski definition) is 2. The van der Waals surface area contributed by atoms with Crippen LogP contribution in [0, 0.1) is 0 Å². The van der Waals surface area contributed by atoms with Gasteiger partial charge in [-0.3, -0.25) is 4.79 Å².